The fourth-order valence-corrected chi connectivity index (χ4v) is 4.04. The lowest BCUT2D eigenvalue weighted by atomic mass is 9.91. The van der Waals surface area contributed by atoms with Crippen molar-refractivity contribution in [2.24, 2.45) is 0 Å². The van der Waals surface area contributed by atoms with Gasteiger partial charge in [-0.25, -0.2) is 0 Å². The van der Waals surface area contributed by atoms with E-state index in [-0.39, 0.29) is 18.7 Å². The first-order valence-corrected chi connectivity index (χ1v) is 9.91. The predicted octanol–water partition coefficient (Wildman–Crippen LogP) is 4.92. The average Bonchev–Trinajstić information content (AvgIpc) is 2.70. The highest BCUT2D eigenvalue weighted by atomic mass is 19.5. The maximum absolute atomic E-state index is 10.7. The van der Waals surface area contributed by atoms with Crippen LogP contribution in [0.1, 0.15) is 36.1 Å². The van der Waals surface area contributed by atoms with Gasteiger partial charge in [-0.2, -0.15) is 0 Å². The topological polar surface area (TPSA) is 40.5 Å². The summed E-state index contributed by atoms with van der Waals surface area (Å²) in [5.74, 6) is 0. The highest BCUT2D eigenvalue weighted by Gasteiger charge is 2.41. The molecule has 8 heteroatoms. The molecule has 3 nitrogen and oxygen atoms in total. The molecule has 0 radical (unpaired) electrons. The Hall–Kier alpha value is -2.16. The van der Waals surface area contributed by atoms with E-state index in [9.17, 15) is 27.5 Å². The molecule has 0 aliphatic carbocycles. The molecule has 0 saturated heterocycles. The van der Waals surface area contributed by atoms with Crippen LogP contribution < -0.4 is 0 Å². The summed E-state index contributed by atoms with van der Waals surface area (Å²) in [5.41, 5.74) is 2.12. The summed E-state index contributed by atoms with van der Waals surface area (Å²) in [5, 5.41) is 20.9. The minimum absolute atomic E-state index is 0.0131. The molecule has 4 atom stereocenters. The molecule has 164 valence electrons. The van der Waals surface area contributed by atoms with Crippen LogP contribution in [0.25, 0.3) is 0 Å². The van der Waals surface area contributed by atoms with Crippen LogP contribution in [-0.4, -0.2) is 48.2 Å². The first-order chi connectivity index (χ1) is 14.1. The maximum atomic E-state index is 10.7. The fourth-order valence-electron chi connectivity index (χ4n) is 4.04. The molecule has 2 unspecified atom stereocenters. The third kappa shape index (κ3) is 6.97. The van der Waals surface area contributed by atoms with E-state index in [4.69, 9.17) is 0 Å². The zero-order chi connectivity index (χ0) is 22.2. The van der Waals surface area contributed by atoms with Crippen molar-refractivity contribution in [2.45, 2.75) is 31.0 Å². The first-order valence-electron chi connectivity index (χ1n) is 9.91. The summed E-state index contributed by atoms with van der Waals surface area (Å²) in [7, 11) is -3.79. The van der Waals surface area contributed by atoms with Crippen molar-refractivity contribution in [3.8, 4) is 0 Å². The van der Waals surface area contributed by atoms with E-state index in [1.54, 1.807) is 0 Å². The van der Waals surface area contributed by atoms with E-state index in [0.717, 1.165) is 28.6 Å². The number of nitrogens with zero attached hydrogens (tertiary/aromatic N) is 1. The van der Waals surface area contributed by atoms with Crippen LogP contribution >= 0.6 is 0 Å². The van der Waals surface area contributed by atoms with Crippen molar-refractivity contribution in [1.29, 1.82) is 0 Å². The summed E-state index contributed by atoms with van der Waals surface area (Å²) in [6.07, 6.45) is 5.54. The van der Waals surface area contributed by atoms with Gasteiger partial charge in [0.05, 0.1) is 32.3 Å². The minimum atomic E-state index is -6.00. The second kappa shape index (κ2) is 10.7. The monoisotopic (exact) mass is 425 g/mol. The van der Waals surface area contributed by atoms with Crippen LogP contribution in [0.2, 0.25) is 0 Å². The fraction of sp³-hybridized carbons (Fsp3) is 0.364. The summed E-state index contributed by atoms with van der Waals surface area (Å²) >= 11 is 0. The molecule has 2 N–H and O–H groups in total. The first kappa shape index (κ1) is 24.1. The molecule has 1 aliphatic heterocycles. The lowest BCUT2D eigenvalue weighted by molar-refractivity contribution is -0.959. The summed E-state index contributed by atoms with van der Waals surface area (Å²) in [6.45, 7) is 0.971. The van der Waals surface area contributed by atoms with Crippen LogP contribution in [0.5, 0.6) is 0 Å². The van der Waals surface area contributed by atoms with Gasteiger partial charge in [-0.15, -0.1) is 0 Å². The molecule has 0 amide bonds. The number of hydrogen-bond donors (Lipinski definition) is 2. The predicted molar refractivity (Wildman–Crippen MR) is 111 cm³/mol. The Kier molecular flexibility index (Phi) is 8.64. The number of halogens is 4. The van der Waals surface area contributed by atoms with Crippen LogP contribution in [-0.2, 0) is 0 Å². The van der Waals surface area contributed by atoms with Gasteiger partial charge in [-0.3, -0.25) is 0 Å². The molecule has 2 aromatic carbocycles. The SMILES string of the molecule is C[N+]1(C(CO)c2ccccc2)CC=CC[C@H]1C[C@H](O)c1ccccc1.F[B-](F)(F)F. The summed E-state index contributed by atoms with van der Waals surface area (Å²) in [4.78, 5) is 0. The number of aliphatic hydroxyl groups excluding tert-OH is 2. The van der Waals surface area contributed by atoms with Gasteiger partial charge in [-0.1, -0.05) is 66.7 Å². The lowest BCUT2D eigenvalue weighted by Crippen LogP contribution is -2.57. The molecular formula is C22H28BF4NO2. The largest absolute Gasteiger partial charge is 0.673 e. The average molecular weight is 425 g/mol. The molecule has 0 fully saturated rings. The normalized spacial score (nSPS) is 23.2. The quantitative estimate of drug-likeness (QED) is 0.299. The molecule has 0 aromatic heterocycles. The second-order valence-electron chi connectivity index (χ2n) is 7.66. The number of aliphatic hydroxyl groups is 2. The van der Waals surface area contributed by atoms with Crippen molar-refractivity contribution >= 4 is 7.25 Å². The van der Waals surface area contributed by atoms with Gasteiger partial charge in [-0.05, 0) is 11.6 Å². The van der Waals surface area contributed by atoms with Gasteiger partial charge in [0, 0.05) is 18.4 Å². The number of likely N-dealkylation sites (N-methyl/N-ethyl adjacent to an activating group) is 1. The molecule has 2 aromatic rings. The summed E-state index contributed by atoms with van der Waals surface area (Å²) in [6, 6.07) is 20.4. The Morgan fingerprint density at radius 3 is 1.93 bits per heavy atom. The third-order valence-electron chi connectivity index (χ3n) is 5.66. The van der Waals surface area contributed by atoms with Crippen molar-refractivity contribution < 1.29 is 32.0 Å². The highest BCUT2D eigenvalue weighted by molar-refractivity contribution is 6.50. The van der Waals surface area contributed by atoms with E-state index in [0.29, 0.717) is 6.42 Å². The Morgan fingerprint density at radius 1 is 0.933 bits per heavy atom. The van der Waals surface area contributed by atoms with Crippen molar-refractivity contribution in [3.05, 3.63) is 83.9 Å². The van der Waals surface area contributed by atoms with Gasteiger partial charge in [0.1, 0.15) is 6.04 Å². The Bertz CT molecular complexity index is 783. The van der Waals surface area contributed by atoms with Crippen LogP contribution in [0.4, 0.5) is 17.3 Å². The Labute approximate surface area is 175 Å². The standard InChI is InChI=1S/C22H28NO2.BF4/c1-23(21(17-24)18-10-4-2-5-11-18)15-9-8-14-20(23)16-22(25)19-12-6-3-7-13-19;2-1(3,4)5/h2-13,20-22,24-25H,14-17H2,1H3;/q+1;-1/t20-,21?,22-,23?;/m0./s1. The van der Waals surface area contributed by atoms with E-state index in [1.165, 1.54) is 0 Å². The number of rotatable bonds is 6. The lowest BCUT2D eigenvalue weighted by Gasteiger charge is -2.48. The number of quaternary nitrogens is 1. The van der Waals surface area contributed by atoms with Crippen LogP contribution in [0.3, 0.4) is 0 Å². The van der Waals surface area contributed by atoms with E-state index >= 15 is 0 Å². The smallest absolute Gasteiger partial charge is 0.418 e. The molecule has 1 aliphatic rings. The molecule has 3 rings (SSSR count). The van der Waals surface area contributed by atoms with E-state index in [1.807, 2.05) is 48.5 Å². The zero-order valence-electron chi connectivity index (χ0n) is 16.9. The van der Waals surface area contributed by atoms with Crippen molar-refractivity contribution in [2.75, 3.05) is 20.2 Å². The van der Waals surface area contributed by atoms with Crippen LogP contribution in [0, 0.1) is 0 Å². The van der Waals surface area contributed by atoms with Gasteiger partial charge in [0.25, 0.3) is 0 Å². The van der Waals surface area contributed by atoms with Gasteiger partial charge < -0.3 is 32.0 Å². The molecule has 0 bridgehead atoms. The molecule has 30 heavy (non-hydrogen) atoms. The summed E-state index contributed by atoms with van der Waals surface area (Å²) < 4.78 is 39.7. The molecule has 0 saturated carbocycles. The van der Waals surface area contributed by atoms with Gasteiger partial charge in [0.15, 0.2) is 0 Å². The van der Waals surface area contributed by atoms with Gasteiger partial charge in [0.2, 0.25) is 0 Å². The van der Waals surface area contributed by atoms with E-state index < -0.39 is 13.4 Å². The highest BCUT2D eigenvalue weighted by Crippen LogP contribution is 2.37. The zero-order valence-corrected chi connectivity index (χ0v) is 16.9. The third-order valence-corrected chi connectivity index (χ3v) is 5.66. The number of benzene rings is 2. The molecule has 0 spiro atoms. The van der Waals surface area contributed by atoms with E-state index in [2.05, 4.69) is 31.3 Å². The molecule has 1 heterocycles. The Morgan fingerprint density at radius 2 is 1.43 bits per heavy atom. The number of hydrogen-bond acceptors (Lipinski definition) is 2. The van der Waals surface area contributed by atoms with Crippen LogP contribution in [0.15, 0.2) is 72.8 Å². The van der Waals surface area contributed by atoms with Crippen molar-refractivity contribution in [1.82, 2.24) is 0 Å². The Balaban J connectivity index is 0.000000575. The maximum Gasteiger partial charge on any atom is 0.673 e. The second-order valence-corrected chi connectivity index (χ2v) is 7.66. The minimum Gasteiger partial charge on any atom is -0.418 e. The van der Waals surface area contributed by atoms with Crippen molar-refractivity contribution in [3.63, 3.8) is 0 Å². The van der Waals surface area contributed by atoms with Gasteiger partial charge >= 0.3 is 7.25 Å². The molecular weight excluding hydrogens is 397 g/mol.